The molecule has 0 saturated heterocycles. The summed E-state index contributed by atoms with van der Waals surface area (Å²) < 4.78 is 11.4. The van der Waals surface area contributed by atoms with Crippen LogP contribution >= 0.6 is 0 Å². The van der Waals surface area contributed by atoms with Gasteiger partial charge in [0.1, 0.15) is 11.7 Å². The monoisotopic (exact) mass is 358 g/mol. The Hall–Kier alpha value is -1.46. The van der Waals surface area contributed by atoms with Crippen molar-refractivity contribution in [2.75, 3.05) is 6.61 Å². The maximum Gasteiger partial charge on any atom is 0.337 e. The van der Waals surface area contributed by atoms with Crippen molar-refractivity contribution in [1.82, 2.24) is 0 Å². The molecule has 1 spiro atoms. The van der Waals surface area contributed by atoms with Crippen LogP contribution < -0.4 is 0 Å². The zero-order valence-electron chi connectivity index (χ0n) is 15.2. The number of esters is 1. The number of hydrogen-bond donors (Lipinski definition) is 1. The molecule has 26 heavy (non-hydrogen) atoms. The Labute approximate surface area is 153 Å². The zero-order valence-corrected chi connectivity index (χ0v) is 15.2. The summed E-state index contributed by atoms with van der Waals surface area (Å²) in [4.78, 5) is 26.2. The van der Waals surface area contributed by atoms with Crippen LogP contribution in [0, 0.1) is 17.8 Å². The van der Waals surface area contributed by atoms with Crippen LogP contribution in [0.15, 0.2) is 23.3 Å². The first kappa shape index (κ1) is 16.7. The summed E-state index contributed by atoms with van der Waals surface area (Å²) in [5.41, 5.74) is -0.958. The SMILES string of the molecule is CCOC(=O)C1=C2C(=O)[C@H]3CC[C@@H]4CCC[C@@H]4[C@@]3(O)CC[C@]23C=C[C@H]1O3. The van der Waals surface area contributed by atoms with E-state index in [1.807, 2.05) is 12.2 Å². The quantitative estimate of drug-likeness (QED) is 0.606. The predicted molar refractivity (Wildman–Crippen MR) is 93.1 cm³/mol. The van der Waals surface area contributed by atoms with Crippen LogP contribution in [0.5, 0.6) is 0 Å². The van der Waals surface area contributed by atoms with E-state index in [-0.39, 0.29) is 18.3 Å². The van der Waals surface area contributed by atoms with Gasteiger partial charge in [0.25, 0.3) is 0 Å². The molecule has 1 N–H and O–H groups in total. The normalized spacial score (nSPS) is 46.0. The molecule has 6 atom stereocenters. The second kappa shape index (κ2) is 5.52. The molecule has 140 valence electrons. The maximum absolute atomic E-state index is 13.6. The van der Waals surface area contributed by atoms with E-state index in [2.05, 4.69) is 0 Å². The van der Waals surface area contributed by atoms with Gasteiger partial charge in [-0.05, 0) is 56.9 Å². The van der Waals surface area contributed by atoms with Crippen molar-refractivity contribution < 1.29 is 24.2 Å². The van der Waals surface area contributed by atoms with Crippen molar-refractivity contribution >= 4 is 11.8 Å². The standard InChI is InChI=1S/C21H26O5/c1-2-25-19(23)16-15-8-9-20(26-15)10-11-21(24)13-5-3-4-12(13)6-7-14(21)18(22)17(16)20/h8-9,12-15,24H,2-7,10-11H2,1H3/t12-,13-,14+,15+,20+,21-/m0/s1. The number of fused-ring (bicyclic) bond motifs is 4. The van der Waals surface area contributed by atoms with Gasteiger partial charge < -0.3 is 14.6 Å². The smallest absolute Gasteiger partial charge is 0.337 e. The van der Waals surface area contributed by atoms with Crippen molar-refractivity contribution in [3.63, 3.8) is 0 Å². The van der Waals surface area contributed by atoms with Gasteiger partial charge >= 0.3 is 5.97 Å². The third-order valence-corrected chi connectivity index (χ3v) is 7.54. The van der Waals surface area contributed by atoms with Crippen molar-refractivity contribution in [2.45, 2.75) is 69.2 Å². The Morgan fingerprint density at radius 2 is 2.15 bits per heavy atom. The first-order valence-corrected chi connectivity index (χ1v) is 10.1. The van der Waals surface area contributed by atoms with Gasteiger partial charge in [-0.1, -0.05) is 18.9 Å². The topological polar surface area (TPSA) is 72.8 Å². The summed E-state index contributed by atoms with van der Waals surface area (Å²) in [5, 5.41) is 11.7. The zero-order chi connectivity index (χ0) is 18.1. The molecule has 5 nitrogen and oxygen atoms in total. The largest absolute Gasteiger partial charge is 0.463 e. The third kappa shape index (κ3) is 1.99. The van der Waals surface area contributed by atoms with Gasteiger partial charge in [-0.3, -0.25) is 4.79 Å². The van der Waals surface area contributed by atoms with Crippen LogP contribution in [0.3, 0.4) is 0 Å². The van der Waals surface area contributed by atoms with Gasteiger partial charge in [0.2, 0.25) is 0 Å². The second-order valence-electron chi connectivity index (χ2n) is 8.58. The minimum absolute atomic E-state index is 0.0785. The number of rotatable bonds is 2. The number of carbonyl (C=O) groups excluding carboxylic acids is 2. The highest BCUT2D eigenvalue weighted by Gasteiger charge is 2.63. The minimum atomic E-state index is -0.961. The molecule has 3 aliphatic carbocycles. The Morgan fingerprint density at radius 1 is 1.31 bits per heavy atom. The molecule has 5 aliphatic rings. The number of aliphatic hydroxyl groups is 1. The number of carbonyl (C=O) groups is 2. The van der Waals surface area contributed by atoms with Crippen LogP contribution in [-0.4, -0.2) is 40.8 Å². The molecule has 5 rings (SSSR count). The third-order valence-electron chi connectivity index (χ3n) is 7.54. The van der Waals surface area contributed by atoms with Gasteiger partial charge in [0.15, 0.2) is 5.78 Å². The van der Waals surface area contributed by atoms with Crippen LogP contribution in [0.1, 0.15) is 51.9 Å². The fourth-order valence-electron chi connectivity index (χ4n) is 6.46. The summed E-state index contributed by atoms with van der Waals surface area (Å²) in [7, 11) is 0. The van der Waals surface area contributed by atoms with E-state index in [0.29, 0.717) is 36.3 Å². The van der Waals surface area contributed by atoms with Gasteiger partial charge in [0.05, 0.1) is 23.7 Å². The number of Topliss-reactive ketones (excluding diaryl/α,β-unsaturated/α-hetero) is 1. The molecule has 0 aromatic carbocycles. The van der Waals surface area contributed by atoms with E-state index < -0.39 is 29.2 Å². The van der Waals surface area contributed by atoms with E-state index in [1.165, 1.54) is 0 Å². The molecule has 5 heteroatoms. The molecular weight excluding hydrogens is 332 g/mol. The molecule has 0 radical (unpaired) electrons. The Morgan fingerprint density at radius 3 is 2.96 bits per heavy atom. The fourth-order valence-corrected chi connectivity index (χ4v) is 6.46. The lowest BCUT2D eigenvalue weighted by Crippen LogP contribution is -2.52. The highest BCUT2D eigenvalue weighted by molar-refractivity contribution is 6.09. The average Bonchev–Trinajstić information content (AvgIpc) is 3.32. The summed E-state index contributed by atoms with van der Waals surface area (Å²) in [5.74, 6) is -0.214. The highest BCUT2D eigenvalue weighted by Crippen LogP contribution is 2.58. The minimum Gasteiger partial charge on any atom is -0.463 e. The fraction of sp³-hybridized carbons (Fsp3) is 0.714. The summed E-state index contributed by atoms with van der Waals surface area (Å²) in [6, 6.07) is 0. The summed E-state index contributed by atoms with van der Waals surface area (Å²) in [6.45, 7) is 2.03. The highest BCUT2D eigenvalue weighted by atomic mass is 16.5. The Balaban J connectivity index is 1.61. The lowest BCUT2D eigenvalue weighted by molar-refractivity contribution is -0.146. The number of ketones is 1. The maximum atomic E-state index is 13.6. The molecule has 0 aromatic rings. The average molecular weight is 358 g/mol. The van der Waals surface area contributed by atoms with Gasteiger partial charge in [0, 0.05) is 5.57 Å². The van der Waals surface area contributed by atoms with Crippen LogP contribution in [0.2, 0.25) is 0 Å². The molecular formula is C21H26O5. The molecule has 2 bridgehead atoms. The molecule has 3 saturated carbocycles. The molecule has 2 heterocycles. The van der Waals surface area contributed by atoms with Crippen molar-refractivity contribution in [2.24, 2.45) is 17.8 Å². The van der Waals surface area contributed by atoms with E-state index in [0.717, 1.165) is 25.7 Å². The number of ether oxygens (including phenoxy) is 2. The van der Waals surface area contributed by atoms with E-state index in [9.17, 15) is 14.7 Å². The van der Waals surface area contributed by atoms with Crippen LogP contribution in [0.25, 0.3) is 0 Å². The first-order valence-electron chi connectivity index (χ1n) is 10.1. The van der Waals surface area contributed by atoms with Gasteiger partial charge in [-0.15, -0.1) is 0 Å². The lowest BCUT2D eigenvalue weighted by atomic mass is 9.62. The van der Waals surface area contributed by atoms with E-state index in [1.54, 1.807) is 6.92 Å². The lowest BCUT2D eigenvalue weighted by Gasteiger charge is -2.46. The summed E-state index contributed by atoms with van der Waals surface area (Å²) >= 11 is 0. The Bertz CT molecular complexity index is 737. The predicted octanol–water partition coefficient (Wildman–Crippen LogP) is 2.47. The summed E-state index contributed by atoms with van der Waals surface area (Å²) in [6.07, 6.45) is 9.43. The van der Waals surface area contributed by atoms with E-state index >= 15 is 0 Å². The van der Waals surface area contributed by atoms with Gasteiger partial charge in [-0.25, -0.2) is 4.79 Å². The first-order chi connectivity index (χ1) is 12.5. The van der Waals surface area contributed by atoms with Crippen LogP contribution in [-0.2, 0) is 19.1 Å². The molecule has 0 aromatic heterocycles. The Kier molecular flexibility index (Phi) is 3.55. The van der Waals surface area contributed by atoms with E-state index in [4.69, 9.17) is 9.47 Å². The van der Waals surface area contributed by atoms with Crippen molar-refractivity contribution in [3.8, 4) is 0 Å². The molecule has 0 unspecified atom stereocenters. The van der Waals surface area contributed by atoms with Gasteiger partial charge in [-0.2, -0.15) is 0 Å². The molecule has 0 amide bonds. The van der Waals surface area contributed by atoms with Crippen molar-refractivity contribution in [3.05, 3.63) is 23.3 Å². The van der Waals surface area contributed by atoms with Crippen LogP contribution in [0.4, 0.5) is 0 Å². The second-order valence-corrected chi connectivity index (χ2v) is 8.58. The number of hydrogen-bond acceptors (Lipinski definition) is 5. The van der Waals surface area contributed by atoms with Crippen molar-refractivity contribution in [1.29, 1.82) is 0 Å². The molecule has 3 fully saturated rings. The molecule has 2 aliphatic heterocycles.